The van der Waals surface area contributed by atoms with E-state index in [4.69, 9.17) is 0 Å². The van der Waals surface area contributed by atoms with Crippen LogP contribution in [-0.4, -0.2) is 13.2 Å². The number of benzene rings is 1. The predicted octanol–water partition coefficient (Wildman–Crippen LogP) is 1.82. The molecule has 0 aliphatic heterocycles. The number of ether oxygens (including phenoxy) is 1. The lowest BCUT2D eigenvalue weighted by molar-refractivity contribution is 0.170. The van der Waals surface area contributed by atoms with Crippen LogP contribution in [0.1, 0.15) is 5.56 Å². The van der Waals surface area contributed by atoms with Crippen LogP contribution in [-0.2, 0) is 11.3 Å². The Balaban J connectivity index is 2.66. The highest BCUT2D eigenvalue weighted by molar-refractivity contribution is 5.66. The van der Waals surface area contributed by atoms with Crippen molar-refractivity contribution in [2.24, 2.45) is 0 Å². The molecule has 1 N–H and O–H groups in total. The fourth-order valence-electron chi connectivity index (χ4n) is 0.918. The number of hydrogen-bond donors (Lipinski definition) is 1. The molecule has 0 atom stereocenters. The molecule has 0 fully saturated rings. The molecule has 1 aromatic carbocycles. The van der Waals surface area contributed by atoms with Crippen molar-refractivity contribution in [1.82, 2.24) is 5.32 Å². The molecule has 0 saturated heterocycles. The number of methoxy groups -OCH3 is 1. The van der Waals surface area contributed by atoms with Crippen molar-refractivity contribution in [3.8, 4) is 0 Å². The maximum Gasteiger partial charge on any atom is 0.407 e. The Labute approximate surface area is 79.7 Å². The fourth-order valence-corrected chi connectivity index (χ4v) is 0.918. The number of amides is 1. The average molecular weight is 201 g/mol. The monoisotopic (exact) mass is 201 g/mol. The zero-order valence-electron chi connectivity index (χ0n) is 7.51. The normalized spacial score (nSPS) is 9.64. The summed E-state index contributed by atoms with van der Waals surface area (Å²) >= 11 is 0. The van der Waals surface area contributed by atoms with Gasteiger partial charge in [0.05, 0.1) is 7.11 Å². The Kier molecular flexibility index (Phi) is 3.39. The number of hydrogen-bond acceptors (Lipinski definition) is 2. The van der Waals surface area contributed by atoms with Crippen molar-refractivity contribution in [2.45, 2.75) is 6.54 Å². The summed E-state index contributed by atoms with van der Waals surface area (Å²) < 4.78 is 29.9. The van der Waals surface area contributed by atoms with E-state index in [0.29, 0.717) is 0 Å². The van der Waals surface area contributed by atoms with Crippen molar-refractivity contribution < 1.29 is 18.3 Å². The summed E-state index contributed by atoms with van der Waals surface area (Å²) in [6.45, 7) is -0.101. The molecule has 14 heavy (non-hydrogen) atoms. The van der Waals surface area contributed by atoms with Crippen LogP contribution < -0.4 is 5.32 Å². The molecule has 0 saturated carbocycles. The van der Waals surface area contributed by atoms with E-state index in [1.54, 1.807) is 0 Å². The minimum Gasteiger partial charge on any atom is -0.453 e. The summed E-state index contributed by atoms with van der Waals surface area (Å²) in [5.41, 5.74) is 0.0791. The number of rotatable bonds is 2. The Hall–Kier alpha value is -1.65. The van der Waals surface area contributed by atoms with Crippen molar-refractivity contribution in [3.63, 3.8) is 0 Å². The van der Waals surface area contributed by atoms with Crippen molar-refractivity contribution >= 4 is 6.09 Å². The van der Waals surface area contributed by atoms with Gasteiger partial charge >= 0.3 is 6.09 Å². The minimum atomic E-state index is -0.686. The molecule has 1 aromatic rings. The van der Waals surface area contributed by atoms with Crippen molar-refractivity contribution in [1.29, 1.82) is 0 Å². The number of carbonyl (C=O) groups excluding carboxylic acids is 1. The van der Waals surface area contributed by atoms with E-state index in [1.807, 2.05) is 0 Å². The highest BCUT2D eigenvalue weighted by atomic mass is 19.1. The third-order valence-corrected chi connectivity index (χ3v) is 1.62. The average Bonchev–Trinajstić information content (AvgIpc) is 2.19. The lowest BCUT2D eigenvalue weighted by atomic mass is 10.2. The molecule has 0 unspecified atom stereocenters. The summed E-state index contributed by atoms with van der Waals surface area (Å²) in [5, 5.41) is 2.25. The molecule has 0 bridgehead atoms. The number of halogens is 2. The first kappa shape index (κ1) is 10.4. The van der Waals surface area contributed by atoms with E-state index in [9.17, 15) is 13.6 Å². The largest absolute Gasteiger partial charge is 0.453 e. The third kappa shape index (κ3) is 2.69. The summed E-state index contributed by atoms with van der Waals surface area (Å²) in [6.07, 6.45) is -0.686. The van der Waals surface area contributed by atoms with Crippen molar-refractivity contribution in [3.05, 3.63) is 35.4 Å². The first-order valence-electron chi connectivity index (χ1n) is 3.89. The van der Waals surface area contributed by atoms with E-state index in [0.717, 1.165) is 18.2 Å². The second-order valence-corrected chi connectivity index (χ2v) is 2.58. The number of alkyl carbamates (subject to hydrolysis) is 1. The molecule has 3 nitrogen and oxygen atoms in total. The molecule has 0 radical (unpaired) electrons. The van der Waals surface area contributed by atoms with Gasteiger partial charge in [-0.05, 0) is 18.2 Å². The Bertz CT molecular complexity index is 342. The van der Waals surface area contributed by atoms with Gasteiger partial charge in [-0.2, -0.15) is 0 Å². The van der Waals surface area contributed by atoms with Crippen LogP contribution in [0.25, 0.3) is 0 Å². The van der Waals surface area contributed by atoms with Crippen molar-refractivity contribution in [2.75, 3.05) is 7.11 Å². The second kappa shape index (κ2) is 4.55. The van der Waals surface area contributed by atoms with Gasteiger partial charge in [0.1, 0.15) is 11.6 Å². The van der Waals surface area contributed by atoms with Gasteiger partial charge in [-0.15, -0.1) is 0 Å². The minimum absolute atomic E-state index is 0.0791. The molecule has 5 heteroatoms. The zero-order chi connectivity index (χ0) is 10.6. The first-order valence-corrected chi connectivity index (χ1v) is 3.89. The molecule has 1 rings (SSSR count). The van der Waals surface area contributed by atoms with Gasteiger partial charge in [0.15, 0.2) is 0 Å². The molecule has 0 aliphatic carbocycles. The van der Waals surface area contributed by atoms with Gasteiger partial charge < -0.3 is 10.1 Å². The molecule has 0 heterocycles. The standard InChI is InChI=1S/C9H9F2NO2/c1-14-9(13)12-5-6-4-7(10)2-3-8(6)11/h2-4H,5H2,1H3,(H,12,13). The molecule has 1 amide bonds. The molecule has 0 aromatic heterocycles. The van der Waals surface area contributed by atoms with E-state index in [2.05, 4.69) is 10.1 Å². The zero-order valence-corrected chi connectivity index (χ0v) is 7.51. The SMILES string of the molecule is COC(=O)NCc1cc(F)ccc1F. The van der Waals surface area contributed by atoms with E-state index < -0.39 is 17.7 Å². The number of carbonyl (C=O) groups is 1. The molecular weight excluding hydrogens is 192 g/mol. The van der Waals surface area contributed by atoms with Crippen LogP contribution in [0.5, 0.6) is 0 Å². The molecular formula is C9H9F2NO2. The topological polar surface area (TPSA) is 38.3 Å². The van der Waals surface area contributed by atoms with Gasteiger partial charge in [0.25, 0.3) is 0 Å². The highest BCUT2D eigenvalue weighted by Crippen LogP contribution is 2.08. The Morgan fingerprint density at radius 1 is 1.50 bits per heavy atom. The Morgan fingerprint density at radius 3 is 2.86 bits per heavy atom. The fraction of sp³-hybridized carbons (Fsp3) is 0.222. The van der Waals surface area contributed by atoms with Gasteiger partial charge in [0.2, 0.25) is 0 Å². The van der Waals surface area contributed by atoms with Crippen LogP contribution >= 0.6 is 0 Å². The molecule has 76 valence electrons. The smallest absolute Gasteiger partial charge is 0.407 e. The van der Waals surface area contributed by atoms with Gasteiger partial charge in [0, 0.05) is 12.1 Å². The van der Waals surface area contributed by atoms with E-state index in [-0.39, 0.29) is 12.1 Å². The maximum atomic E-state index is 13.0. The van der Waals surface area contributed by atoms with E-state index >= 15 is 0 Å². The van der Waals surface area contributed by atoms with Gasteiger partial charge in [-0.1, -0.05) is 0 Å². The lowest BCUT2D eigenvalue weighted by Gasteiger charge is -2.04. The van der Waals surface area contributed by atoms with Crippen LogP contribution in [0.3, 0.4) is 0 Å². The predicted molar refractivity (Wildman–Crippen MR) is 45.6 cm³/mol. The van der Waals surface area contributed by atoms with Crippen LogP contribution in [0.15, 0.2) is 18.2 Å². The summed E-state index contributed by atoms with van der Waals surface area (Å²) in [6, 6.07) is 3.03. The molecule has 0 spiro atoms. The summed E-state index contributed by atoms with van der Waals surface area (Å²) in [4.78, 5) is 10.6. The third-order valence-electron chi connectivity index (χ3n) is 1.62. The van der Waals surface area contributed by atoms with Gasteiger partial charge in [-0.3, -0.25) is 0 Å². The van der Waals surface area contributed by atoms with Crippen LogP contribution in [0, 0.1) is 11.6 Å². The highest BCUT2D eigenvalue weighted by Gasteiger charge is 2.05. The summed E-state index contributed by atoms with van der Waals surface area (Å²) in [5.74, 6) is -1.11. The second-order valence-electron chi connectivity index (χ2n) is 2.58. The van der Waals surface area contributed by atoms with Gasteiger partial charge in [-0.25, -0.2) is 13.6 Å². The van der Waals surface area contributed by atoms with Crippen LogP contribution in [0.2, 0.25) is 0 Å². The lowest BCUT2D eigenvalue weighted by Crippen LogP contribution is -2.22. The summed E-state index contributed by atoms with van der Waals surface area (Å²) in [7, 11) is 1.19. The maximum absolute atomic E-state index is 13.0. The van der Waals surface area contributed by atoms with E-state index in [1.165, 1.54) is 7.11 Å². The quantitative estimate of drug-likeness (QED) is 0.792. The van der Waals surface area contributed by atoms with Crippen LogP contribution in [0.4, 0.5) is 13.6 Å². The number of nitrogens with one attached hydrogen (secondary N) is 1. The Morgan fingerprint density at radius 2 is 2.21 bits per heavy atom. The first-order chi connectivity index (χ1) is 6.63. The molecule has 0 aliphatic rings.